The number of carbonyl (C=O) groups excluding carboxylic acids is 2. The fourth-order valence-electron chi connectivity index (χ4n) is 2.95. The number of aromatic nitrogens is 1. The van der Waals surface area contributed by atoms with Gasteiger partial charge in [-0.3, -0.25) is 14.2 Å². The number of oxazole rings is 1. The van der Waals surface area contributed by atoms with Crippen molar-refractivity contribution in [1.82, 2.24) is 4.57 Å². The third-order valence-electron chi connectivity index (χ3n) is 4.44. The molecule has 1 atom stereocenters. The van der Waals surface area contributed by atoms with E-state index in [0.717, 1.165) is 0 Å². The van der Waals surface area contributed by atoms with Gasteiger partial charge in [0.2, 0.25) is 5.91 Å². The van der Waals surface area contributed by atoms with Gasteiger partial charge in [0, 0.05) is 11.4 Å². The Labute approximate surface area is 164 Å². The summed E-state index contributed by atoms with van der Waals surface area (Å²) < 4.78 is 11.5. The van der Waals surface area contributed by atoms with Crippen LogP contribution >= 0.6 is 0 Å². The molecule has 146 valence electrons. The average molecular weight is 391 g/mol. The highest BCUT2D eigenvalue weighted by atomic mass is 16.4. The molecule has 0 spiro atoms. The Kier molecular flexibility index (Phi) is 4.74. The smallest absolute Gasteiger partial charge is 0.420 e. The number of amides is 2. The molecule has 0 aliphatic rings. The van der Waals surface area contributed by atoms with Crippen LogP contribution in [0, 0.1) is 0 Å². The number of para-hydroxylation sites is 2. The van der Waals surface area contributed by atoms with Crippen LogP contribution in [0.2, 0.25) is 0 Å². The molecule has 2 amide bonds. The molecule has 29 heavy (non-hydrogen) atoms. The van der Waals surface area contributed by atoms with Crippen LogP contribution in [0.5, 0.6) is 0 Å². The molecule has 0 saturated carbocycles. The number of benzene rings is 2. The van der Waals surface area contributed by atoms with Gasteiger partial charge in [-0.2, -0.15) is 0 Å². The summed E-state index contributed by atoms with van der Waals surface area (Å²) in [6.07, 6.45) is 1.42. The highest BCUT2D eigenvalue weighted by Gasteiger charge is 2.21. The minimum Gasteiger partial charge on any atom is -0.459 e. The lowest BCUT2D eigenvalue weighted by Gasteiger charge is -2.13. The van der Waals surface area contributed by atoms with E-state index >= 15 is 0 Å². The van der Waals surface area contributed by atoms with Gasteiger partial charge in [0.05, 0.1) is 11.8 Å². The molecule has 2 aromatic carbocycles. The van der Waals surface area contributed by atoms with Gasteiger partial charge in [-0.05, 0) is 55.5 Å². The minimum absolute atomic E-state index is 0.203. The predicted molar refractivity (Wildman–Crippen MR) is 107 cm³/mol. The van der Waals surface area contributed by atoms with Gasteiger partial charge >= 0.3 is 5.76 Å². The van der Waals surface area contributed by atoms with Gasteiger partial charge in [-0.1, -0.05) is 12.1 Å². The first-order chi connectivity index (χ1) is 14.0. The normalized spacial score (nSPS) is 11.9. The Morgan fingerprint density at radius 2 is 1.62 bits per heavy atom. The van der Waals surface area contributed by atoms with Crippen LogP contribution in [0.1, 0.15) is 23.5 Å². The van der Waals surface area contributed by atoms with E-state index in [1.54, 1.807) is 67.6 Å². The molecule has 0 fully saturated rings. The maximum absolute atomic E-state index is 12.6. The molecule has 0 aliphatic carbocycles. The average Bonchev–Trinajstić information content (AvgIpc) is 3.36. The van der Waals surface area contributed by atoms with E-state index in [9.17, 15) is 14.4 Å². The summed E-state index contributed by atoms with van der Waals surface area (Å²) in [6, 6.07) is 16.0. The number of furan rings is 1. The van der Waals surface area contributed by atoms with Crippen molar-refractivity contribution in [1.29, 1.82) is 0 Å². The lowest BCUT2D eigenvalue weighted by molar-refractivity contribution is -0.118. The van der Waals surface area contributed by atoms with Gasteiger partial charge in [0.25, 0.3) is 5.91 Å². The van der Waals surface area contributed by atoms with E-state index in [1.807, 2.05) is 0 Å². The molecule has 4 aromatic rings. The number of fused-ring (bicyclic) bond motifs is 1. The van der Waals surface area contributed by atoms with Gasteiger partial charge in [-0.25, -0.2) is 4.79 Å². The third-order valence-corrected chi connectivity index (χ3v) is 4.44. The van der Waals surface area contributed by atoms with E-state index in [-0.39, 0.29) is 17.6 Å². The van der Waals surface area contributed by atoms with Crippen molar-refractivity contribution in [3.05, 3.63) is 83.2 Å². The molecule has 8 heteroatoms. The van der Waals surface area contributed by atoms with Crippen LogP contribution in [-0.2, 0) is 4.79 Å². The second-order valence-electron chi connectivity index (χ2n) is 6.38. The Balaban J connectivity index is 1.46. The van der Waals surface area contributed by atoms with E-state index in [0.29, 0.717) is 22.5 Å². The van der Waals surface area contributed by atoms with Crippen molar-refractivity contribution in [2.24, 2.45) is 0 Å². The Morgan fingerprint density at radius 1 is 0.931 bits per heavy atom. The van der Waals surface area contributed by atoms with Crippen molar-refractivity contribution in [2.45, 2.75) is 13.0 Å². The summed E-state index contributed by atoms with van der Waals surface area (Å²) in [4.78, 5) is 36.8. The predicted octanol–water partition coefficient (Wildman–Crippen LogP) is 3.64. The number of anilines is 2. The molecule has 0 saturated heterocycles. The molecule has 4 rings (SSSR count). The SMILES string of the molecule is CC(C(=O)Nc1ccc(NC(=O)c2ccco2)cc1)n1c(=O)oc2ccccc21. The molecule has 2 N–H and O–H groups in total. The van der Waals surface area contributed by atoms with Gasteiger partial charge in [0.1, 0.15) is 6.04 Å². The van der Waals surface area contributed by atoms with Crippen LogP contribution in [0.15, 0.2) is 80.6 Å². The van der Waals surface area contributed by atoms with Gasteiger partial charge < -0.3 is 19.5 Å². The summed E-state index contributed by atoms with van der Waals surface area (Å²) >= 11 is 0. The van der Waals surface area contributed by atoms with Gasteiger partial charge in [0.15, 0.2) is 11.3 Å². The lowest BCUT2D eigenvalue weighted by atomic mass is 10.2. The number of carbonyl (C=O) groups is 2. The van der Waals surface area contributed by atoms with Crippen LogP contribution in [0.3, 0.4) is 0 Å². The molecule has 8 nitrogen and oxygen atoms in total. The molecular formula is C21H17N3O5. The van der Waals surface area contributed by atoms with Crippen molar-refractivity contribution < 1.29 is 18.4 Å². The number of hydrogen-bond donors (Lipinski definition) is 2. The van der Waals surface area contributed by atoms with Crippen LogP contribution in [-0.4, -0.2) is 16.4 Å². The molecule has 2 heterocycles. The summed E-state index contributed by atoms with van der Waals surface area (Å²) in [5.74, 6) is -1.13. The fourth-order valence-corrected chi connectivity index (χ4v) is 2.95. The van der Waals surface area contributed by atoms with E-state index in [1.165, 1.54) is 10.8 Å². The second kappa shape index (κ2) is 7.51. The molecule has 0 bridgehead atoms. The van der Waals surface area contributed by atoms with Crippen molar-refractivity contribution in [3.8, 4) is 0 Å². The van der Waals surface area contributed by atoms with Crippen molar-refractivity contribution in [2.75, 3.05) is 10.6 Å². The topological polar surface area (TPSA) is 106 Å². The van der Waals surface area contributed by atoms with Crippen LogP contribution < -0.4 is 16.4 Å². The van der Waals surface area contributed by atoms with Crippen LogP contribution in [0.25, 0.3) is 11.1 Å². The minimum atomic E-state index is -0.774. The highest BCUT2D eigenvalue weighted by Crippen LogP contribution is 2.19. The van der Waals surface area contributed by atoms with Crippen LogP contribution in [0.4, 0.5) is 11.4 Å². The first kappa shape index (κ1) is 18.3. The largest absolute Gasteiger partial charge is 0.459 e. The Bertz CT molecular complexity index is 1220. The zero-order valence-electron chi connectivity index (χ0n) is 15.4. The molecule has 2 aromatic heterocycles. The maximum atomic E-state index is 12.6. The van der Waals surface area contributed by atoms with Crippen molar-refractivity contribution in [3.63, 3.8) is 0 Å². The third kappa shape index (κ3) is 3.68. The Hall–Kier alpha value is -4.07. The molecule has 1 unspecified atom stereocenters. The van der Waals surface area contributed by atoms with Crippen molar-refractivity contribution >= 4 is 34.3 Å². The first-order valence-corrected chi connectivity index (χ1v) is 8.89. The zero-order chi connectivity index (χ0) is 20.4. The highest BCUT2D eigenvalue weighted by molar-refractivity contribution is 6.02. The second-order valence-corrected chi connectivity index (χ2v) is 6.38. The van der Waals surface area contributed by atoms with Gasteiger partial charge in [-0.15, -0.1) is 0 Å². The maximum Gasteiger partial charge on any atom is 0.420 e. The summed E-state index contributed by atoms with van der Waals surface area (Å²) in [5.41, 5.74) is 2.05. The number of nitrogens with zero attached hydrogens (tertiary/aromatic N) is 1. The summed E-state index contributed by atoms with van der Waals surface area (Å²) in [6.45, 7) is 1.62. The first-order valence-electron chi connectivity index (χ1n) is 8.89. The zero-order valence-corrected chi connectivity index (χ0v) is 15.4. The molecule has 0 radical (unpaired) electrons. The van der Waals surface area contributed by atoms with E-state index < -0.39 is 11.8 Å². The molecule has 0 aliphatic heterocycles. The lowest BCUT2D eigenvalue weighted by Crippen LogP contribution is -2.29. The quantitative estimate of drug-likeness (QED) is 0.540. The van der Waals surface area contributed by atoms with E-state index in [2.05, 4.69) is 10.6 Å². The molecular weight excluding hydrogens is 374 g/mol. The van der Waals surface area contributed by atoms with E-state index in [4.69, 9.17) is 8.83 Å². The number of rotatable bonds is 5. The number of hydrogen-bond acceptors (Lipinski definition) is 5. The Morgan fingerprint density at radius 3 is 2.31 bits per heavy atom. The summed E-state index contributed by atoms with van der Waals surface area (Å²) in [7, 11) is 0. The summed E-state index contributed by atoms with van der Waals surface area (Å²) in [5, 5.41) is 5.45. The monoisotopic (exact) mass is 391 g/mol. The standard InChI is InChI=1S/C21H17N3O5/c1-13(24-16-5-2-3-6-17(16)29-21(24)27)19(25)22-14-8-10-15(11-9-14)23-20(26)18-7-4-12-28-18/h2-13H,1H3,(H,22,25)(H,23,26). The fraction of sp³-hybridized carbons (Fsp3) is 0.0952. The number of nitrogens with one attached hydrogen (secondary N) is 2.